The number of rotatable bonds is 1. The van der Waals surface area contributed by atoms with Gasteiger partial charge in [-0.2, -0.15) is 0 Å². The maximum Gasteiger partial charge on any atom is 0.522 e. The molecule has 0 bridgehead atoms. The molecular formula is C6H12F3NO. The summed E-state index contributed by atoms with van der Waals surface area (Å²) in [6, 6.07) is 0. The van der Waals surface area contributed by atoms with Crippen LogP contribution < -0.4 is 5.32 Å². The molecule has 0 aromatic heterocycles. The Bertz CT molecular complexity index is 100. The monoisotopic (exact) mass is 171 g/mol. The van der Waals surface area contributed by atoms with Crippen LogP contribution in [0.15, 0.2) is 0 Å². The van der Waals surface area contributed by atoms with Crippen LogP contribution >= 0.6 is 0 Å². The quantitative estimate of drug-likeness (QED) is 0.645. The van der Waals surface area contributed by atoms with Gasteiger partial charge in [0.2, 0.25) is 0 Å². The van der Waals surface area contributed by atoms with E-state index in [2.05, 4.69) is 10.1 Å². The number of ether oxygens (including phenoxy) is 1. The number of halogens is 3. The van der Waals surface area contributed by atoms with E-state index >= 15 is 0 Å². The summed E-state index contributed by atoms with van der Waals surface area (Å²) in [5.41, 5.74) is 0. The fraction of sp³-hybridized carbons (Fsp3) is 1.00. The van der Waals surface area contributed by atoms with Crippen molar-refractivity contribution in [1.29, 1.82) is 0 Å². The number of nitrogens with one attached hydrogen (secondary N) is 1. The van der Waals surface area contributed by atoms with Crippen molar-refractivity contribution in [3.05, 3.63) is 0 Å². The molecule has 0 aromatic rings. The molecule has 0 amide bonds. The molecule has 1 N–H and O–H groups in total. The van der Waals surface area contributed by atoms with Crippen LogP contribution in [-0.4, -0.2) is 25.6 Å². The lowest BCUT2D eigenvalue weighted by molar-refractivity contribution is -0.346. The molecule has 2 nitrogen and oxygen atoms in total. The topological polar surface area (TPSA) is 21.3 Å². The van der Waals surface area contributed by atoms with Gasteiger partial charge in [-0.05, 0) is 0 Å². The Morgan fingerprint density at radius 3 is 1.82 bits per heavy atom. The molecule has 0 spiro atoms. The lowest BCUT2D eigenvalue weighted by Gasteiger charge is -2.27. The van der Waals surface area contributed by atoms with Gasteiger partial charge in [-0.15, -0.1) is 13.2 Å². The van der Waals surface area contributed by atoms with Crippen LogP contribution in [0.3, 0.4) is 0 Å². The molecule has 0 unspecified atom stereocenters. The van der Waals surface area contributed by atoms with Gasteiger partial charge >= 0.3 is 6.36 Å². The Labute approximate surface area is 63.7 Å². The standard InChI is InChI=1S/C4H6F3NO.C2H6/c5-4(6,7)9-3-1-8-2-3;1-2/h3,8H,1-2H2;1-2H3. The number of hydrogen-bond acceptors (Lipinski definition) is 2. The van der Waals surface area contributed by atoms with E-state index in [0.29, 0.717) is 13.1 Å². The molecule has 0 aromatic carbocycles. The van der Waals surface area contributed by atoms with E-state index in [1.807, 2.05) is 13.8 Å². The van der Waals surface area contributed by atoms with Crippen LogP contribution in [0.1, 0.15) is 13.8 Å². The summed E-state index contributed by atoms with van der Waals surface area (Å²) >= 11 is 0. The average molecular weight is 171 g/mol. The average Bonchev–Trinajstić information content (AvgIpc) is 1.83. The van der Waals surface area contributed by atoms with Gasteiger partial charge in [0.15, 0.2) is 0 Å². The Morgan fingerprint density at radius 1 is 1.27 bits per heavy atom. The zero-order valence-electron chi connectivity index (χ0n) is 6.53. The maximum absolute atomic E-state index is 11.3. The highest BCUT2D eigenvalue weighted by atomic mass is 19.4. The molecule has 0 atom stereocenters. The van der Waals surface area contributed by atoms with Crippen LogP contribution in [0.2, 0.25) is 0 Å². The minimum atomic E-state index is -4.47. The minimum Gasteiger partial charge on any atom is -0.311 e. The summed E-state index contributed by atoms with van der Waals surface area (Å²) in [5, 5.41) is 2.66. The smallest absolute Gasteiger partial charge is 0.311 e. The Hall–Kier alpha value is -0.290. The molecule has 1 heterocycles. The summed E-state index contributed by atoms with van der Waals surface area (Å²) in [5.74, 6) is 0. The highest BCUT2D eigenvalue weighted by molar-refractivity contribution is 4.74. The highest BCUT2D eigenvalue weighted by Crippen LogP contribution is 2.19. The van der Waals surface area contributed by atoms with Crippen molar-refractivity contribution in [2.24, 2.45) is 0 Å². The first-order valence-electron chi connectivity index (χ1n) is 3.53. The Morgan fingerprint density at radius 2 is 1.73 bits per heavy atom. The van der Waals surface area contributed by atoms with Crippen LogP contribution in [0, 0.1) is 0 Å². The van der Waals surface area contributed by atoms with Crippen molar-refractivity contribution in [1.82, 2.24) is 5.32 Å². The molecule has 1 aliphatic rings. The van der Waals surface area contributed by atoms with Gasteiger partial charge in [0.1, 0.15) is 0 Å². The van der Waals surface area contributed by atoms with Crippen LogP contribution in [0.5, 0.6) is 0 Å². The molecule has 1 saturated heterocycles. The van der Waals surface area contributed by atoms with Crippen molar-refractivity contribution in [2.45, 2.75) is 26.3 Å². The molecule has 1 aliphatic heterocycles. The molecule has 1 fully saturated rings. The van der Waals surface area contributed by atoms with Gasteiger partial charge in [0.05, 0.1) is 6.10 Å². The van der Waals surface area contributed by atoms with E-state index in [-0.39, 0.29) is 0 Å². The van der Waals surface area contributed by atoms with E-state index in [1.165, 1.54) is 0 Å². The Balaban J connectivity index is 0.000000461. The lowest BCUT2D eigenvalue weighted by atomic mass is 10.2. The third-order valence-electron chi connectivity index (χ3n) is 1.04. The summed E-state index contributed by atoms with van der Waals surface area (Å²) in [6.07, 6.45) is -5.13. The predicted octanol–water partition coefficient (Wildman–Crippen LogP) is 1.52. The van der Waals surface area contributed by atoms with Crippen molar-refractivity contribution in [3.8, 4) is 0 Å². The first-order chi connectivity index (χ1) is 5.08. The second kappa shape index (κ2) is 4.56. The van der Waals surface area contributed by atoms with Gasteiger partial charge in [-0.1, -0.05) is 13.8 Å². The minimum absolute atomic E-state index is 0.305. The predicted molar refractivity (Wildman–Crippen MR) is 35.1 cm³/mol. The van der Waals surface area contributed by atoms with Gasteiger partial charge in [-0.3, -0.25) is 4.74 Å². The second-order valence-electron chi connectivity index (χ2n) is 1.84. The van der Waals surface area contributed by atoms with E-state index < -0.39 is 12.5 Å². The third-order valence-corrected chi connectivity index (χ3v) is 1.04. The molecule has 68 valence electrons. The molecule has 0 saturated carbocycles. The van der Waals surface area contributed by atoms with E-state index in [4.69, 9.17) is 0 Å². The zero-order valence-corrected chi connectivity index (χ0v) is 6.53. The van der Waals surface area contributed by atoms with Gasteiger partial charge < -0.3 is 5.32 Å². The summed E-state index contributed by atoms with van der Waals surface area (Å²) in [4.78, 5) is 0. The fourth-order valence-electron chi connectivity index (χ4n) is 0.535. The Kier molecular flexibility index (Phi) is 4.44. The zero-order chi connectivity index (χ0) is 8.91. The number of alkyl halides is 3. The molecule has 11 heavy (non-hydrogen) atoms. The maximum atomic E-state index is 11.3. The molecule has 0 aliphatic carbocycles. The largest absolute Gasteiger partial charge is 0.522 e. The van der Waals surface area contributed by atoms with Crippen molar-refractivity contribution >= 4 is 0 Å². The second-order valence-corrected chi connectivity index (χ2v) is 1.84. The van der Waals surface area contributed by atoms with Crippen LogP contribution in [0.25, 0.3) is 0 Å². The summed E-state index contributed by atoms with van der Waals surface area (Å²) in [7, 11) is 0. The SMILES string of the molecule is CC.FC(F)(F)OC1CNC1. The first-order valence-corrected chi connectivity index (χ1v) is 3.53. The first kappa shape index (κ1) is 10.7. The van der Waals surface area contributed by atoms with Crippen molar-refractivity contribution < 1.29 is 17.9 Å². The summed E-state index contributed by atoms with van der Waals surface area (Å²) < 4.78 is 37.4. The number of hydrogen-bond donors (Lipinski definition) is 1. The molecule has 1 rings (SSSR count). The van der Waals surface area contributed by atoms with E-state index in [9.17, 15) is 13.2 Å². The fourth-order valence-corrected chi connectivity index (χ4v) is 0.535. The third kappa shape index (κ3) is 5.03. The van der Waals surface area contributed by atoms with Crippen molar-refractivity contribution in [2.75, 3.05) is 13.1 Å². The van der Waals surface area contributed by atoms with E-state index in [0.717, 1.165) is 0 Å². The van der Waals surface area contributed by atoms with Gasteiger partial charge in [0.25, 0.3) is 0 Å². The van der Waals surface area contributed by atoms with Crippen molar-refractivity contribution in [3.63, 3.8) is 0 Å². The molecule has 0 radical (unpaired) electrons. The highest BCUT2D eigenvalue weighted by Gasteiger charge is 2.35. The lowest BCUT2D eigenvalue weighted by Crippen LogP contribution is -2.50. The van der Waals surface area contributed by atoms with E-state index in [1.54, 1.807) is 0 Å². The van der Waals surface area contributed by atoms with Crippen LogP contribution in [-0.2, 0) is 4.74 Å². The summed E-state index contributed by atoms with van der Waals surface area (Å²) in [6.45, 7) is 4.61. The van der Waals surface area contributed by atoms with Crippen LogP contribution in [0.4, 0.5) is 13.2 Å². The molecular weight excluding hydrogens is 159 g/mol. The normalized spacial score (nSPS) is 18.3. The van der Waals surface area contributed by atoms with Gasteiger partial charge in [-0.25, -0.2) is 0 Å². The van der Waals surface area contributed by atoms with Gasteiger partial charge in [0, 0.05) is 13.1 Å². The molecule has 5 heteroatoms.